The van der Waals surface area contributed by atoms with Gasteiger partial charge in [-0.25, -0.2) is 0 Å². The normalized spacial score (nSPS) is 20.9. The van der Waals surface area contributed by atoms with Crippen LogP contribution in [0.5, 0.6) is 5.75 Å². The maximum Gasteiger partial charge on any atom is 0.238 e. The van der Waals surface area contributed by atoms with Crippen molar-refractivity contribution >= 4 is 23.5 Å². The van der Waals surface area contributed by atoms with Crippen LogP contribution in [0, 0.1) is 0 Å². The average Bonchev–Trinajstić information content (AvgIpc) is 2.38. The summed E-state index contributed by atoms with van der Waals surface area (Å²) in [7, 11) is 0. The van der Waals surface area contributed by atoms with Gasteiger partial charge >= 0.3 is 0 Å². The van der Waals surface area contributed by atoms with Crippen LogP contribution >= 0.6 is 11.6 Å². The summed E-state index contributed by atoms with van der Waals surface area (Å²) in [5.41, 5.74) is 1.32. The van der Waals surface area contributed by atoms with Crippen molar-refractivity contribution in [2.75, 3.05) is 6.61 Å². The minimum atomic E-state index is -1.03. The van der Waals surface area contributed by atoms with Crippen molar-refractivity contribution < 1.29 is 14.3 Å². The molecule has 0 amide bonds. The van der Waals surface area contributed by atoms with Gasteiger partial charge in [0.25, 0.3) is 0 Å². The van der Waals surface area contributed by atoms with Crippen LogP contribution in [-0.2, 0) is 9.53 Å². The number of Topliss-reactive ketones (excluding diaryl/α,β-unsaturated/α-hetero) is 1. The van der Waals surface area contributed by atoms with Crippen molar-refractivity contribution in [3.05, 3.63) is 34.4 Å². The molecule has 1 aliphatic rings. The fourth-order valence-electron chi connectivity index (χ4n) is 2.22. The maximum atomic E-state index is 11.9. The zero-order valence-electron chi connectivity index (χ0n) is 12.0. The Labute approximate surface area is 124 Å². The molecule has 0 saturated carbocycles. The van der Waals surface area contributed by atoms with Gasteiger partial charge in [-0.1, -0.05) is 24.9 Å². The van der Waals surface area contributed by atoms with Gasteiger partial charge in [0.15, 0.2) is 5.78 Å². The third kappa shape index (κ3) is 3.05. The first-order chi connectivity index (χ1) is 9.46. The van der Waals surface area contributed by atoms with Crippen LogP contribution in [0.2, 0.25) is 5.02 Å². The Morgan fingerprint density at radius 2 is 2.20 bits per heavy atom. The molecule has 0 aromatic heterocycles. The molecule has 0 spiro atoms. The molecule has 0 saturated heterocycles. The van der Waals surface area contributed by atoms with E-state index in [1.807, 2.05) is 0 Å². The number of ether oxygens (including phenoxy) is 2. The van der Waals surface area contributed by atoms with Crippen molar-refractivity contribution in [3.63, 3.8) is 0 Å². The SMILES string of the molecule is CCCCOC1(C)Oc2ccc(Cl)cc2C=C1C(C)=O. The molecule has 108 valence electrons. The summed E-state index contributed by atoms with van der Waals surface area (Å²) in [5, 5.41) is 0.613. The Kier molecular flexibility index (Phi) is 4.51. The zero-order chi connectivity index (χ0) is 14.8. The van der Waals surface area contributed by atoms with Crippen LogP contribution in [0.3, 0.4) is 0 Å². The molecule has 20 heavy (non-hydrogen) atoms. The van der Waals surface area contributed by atoms with Crippen molar-refractivity contribution in [2.24, 2.45) is 0 Å². The molecule has 0 bridgehead atoms. The van der Waals surface area contributed by atoms with E-state index in [2.05, 4.69) is 6.92 Å². The lowest BCUT2D eigenvalue weighted by atomic mass is 9.97. The Morgan fingerprint density at radius 3 is 2.85 bits per heavy atom. The zero-order valence-corrected chi connectivity index (χ0v) is 12.8. The number of hydrogen-bond donors (Lipinski definition) is 0. The first kappa shape index (κ1) is 15.1. The molecule has 1 atom stereocenters. The molecule has 0 fully saturated rings. The Morgan fingerprint density at radius 1 is 1.45 bits per heavy atom. The minimum Gasteiger partial charge on any atom is -0.458 e. The van der Waals surface area contributed by atoms with E-state index >= 15 is 0 Å². The highest BCUT2D eigenvalue weighted by molar-refractivity contribution is 6.30. The lowest BCUT2D eigenvalue weighted by molar-refractivity contribution is -0.151. The fourth-order valence-corrected chi connectivity index (χ4v) is 2.40. The number of hydrogen-bond acceptors (Lipinski definition) is 3. The summed E-state index contributed by atoms with van der Waals surface area (Å²) in [4.78, 5) is 11.9. The monoisotopic (exact) mass is 294 g/mol. The number of unbranched alkanes of at least 4 members (excludes halogenated alkanes) is 1. The highest BCUT2D eigenvalue weighted by Crippen LogP contribution is 2.38. The second kappa shape index (κ2) is 5.98. The number of carbonyl (C=O) groups excluding carboxylic acids is 1. The minimum absolute atomic E-state index is 0.0605. The van der Waals surface area contributed by atoms with Gasteiger partial charge < -0.3 is 9.47 Å². The van der Waals surface area contributed by atoms with Crippen molar-refractivity contribution in [1.29, 1.82) is 0 Å². The molecule has 0 aliphatic carbocycles. The van der Waals surface area contributed by atoms with Gasteiger partial charge in [0.2, 0.25) is 5.79 Å². The predicted octanol–water partition coefficient (Wildman–Crippen LogP) is 4.24. The topological polar surface area (TPSA) is 35.5 Å². The van der Waals surface area contributed by atoms with Crippen LogP contribution in [0.15, 0.2) is 23.8 Å². The first-order valence-electron chi connectivity index (χ1n) is 6.82. The fraction of sp³-hybridized carbons (Fsp3) is 0.438. The van der Waals surface area contributed by atoms with E-state index in [9.17, 15) is 4.79 Å². The molecule has 2 rings (SSSR count). The predicted molar refractivity (Wildman–Crippen MR) is 80.0 cm³/mol. The van der Waals surface area contributed by atoms with Gasteiger partial charge in [-0.2, -0.15) is 0 Å². The van der Waals surface area contributed by atoms with Crippen molar-refractivity contribution in [3.8, 4) is 5.75 Å². The summed E-state index contributed by atoms with van der Waals surface area (Å²) >= 11 is 5.98. The third-order valence-corrected chi connectivity index (χ3v) is 3.56. The molecule has 1 aromatic carbocycles. The molecule has 0 radical (unpaired) electrons. The summed E-state index contributed by atoms with van der Waals surface area (Å²) < 4.78 is 11.8. The van der Waals surface area contributed by atoms with Gasteiger partial charge in [0.1, 0.15) is 5.75 Å². The van der Waals surface area contributed by atoms with Crippen LogP contribution in [0.25, 0.3) is 6.08 Å². The van der Waals surface area contributed by atoms with E-state index in [1.165, 1.54) is 6.92 Å². The van der Waals surface area contributed by atoms with E-state index in [0.717, 1.165) is 18.4 Å². The van der Waals surface area contributed by atoms with Crippen molar-refractivity contribution in [2.45, 2.75) is 39.4 Å². The second-order valence-corrected chi connectivity index (χ2v) is 5.48. The maximum absolute atomic E-state index is 11.9. The number of ketones is 1. The second-order valence-electron chi connectivity index (χ2n) is 5.05. The van der Waals surface area contributed by atoms with Gasteiger partial charge in [0, 0.05) is 17.5 Å². The number of rotatable bonds is 5. The van der Waals surface area contributed by atoms with Gasteiger partial charge in [-0.05, 0) is 37.6 Å². The van der Waals surface area contributed by atoms with E-state index in [4.69, 9.17) is 21.1 Å². The molecular formula is C16H19ClO3. The lowest BCUT2D eigenvalue weighted by Crippen LogP contribution is -2.42. The van der Waals surface area contributed by atoms with Crippen LogP contribution in [0.1, 0.15) is 39.2 Å². The summed E-state index contributed by atoms with van der Waals surface area (Å²) in [6.45, 7) is 5.95. The summed E-state index contributed by atoms with van der Waals surface area (Å²) in [6, 6.07) is 5.34. The molecule has 1 heterocycles. The Bertz CT molecular complexity index is 551. The molecule has 4 heteroatoms. The molecule has 3 nitrogen and oxygen atoms in total. The Hall–Kier alpha value is -1.32. The van der Waals surface area contributed by atoms with Crippen molar-refractivity contribution in [1.82, 2.24) is 0 Å². The summed E-state index contributed by atoms with van der Waals surface area (Å²) in [5.74, 6) is -0.407. The molecular weight excluding hydrogens is 276 g/mol. The van der Waals surface area contributed by atoms with Gasteiger partial charge in [-0.15, -0.1) is 0 Å². The number of carbonyl (C=O) groups is 1. The molecule has 1 aliphatic heterocycles. The Balaban J connectivity index is 2.36. The standard InChI is InChI=1S/C16H19ClO3/c1-4-5-8-19-16(3)14(11(2)18)10-12-9-13(17)6-7-15(12)20-16/h6-7,9-10H,4-5,8H2,1-3H3. The van der Waals surface area contributed by atoms with Gasteiger partial charge in [0.05, 0.1) is 12.2 Å². The van der Waals surface area contributed by atoms with E-state index in [-0.39, 0.29) is 5.78 Å². The van der Waals surface area contributed by atoms with Crippen LogP contribution in [-0.4, -0.2) is 18.2 Å². The number of benzene rings is 1. The number of halogens is 1. The van der Waals surface area contributed by atoms with E-state index < -0.39 is 5.79 Å². The summed E-state index contributed by atoms with van der Waals surface area (Å²) in [6.07, 6.45) is 3.76. The average molecular weight is 295 g/mol. The molecule has 1 aromatic rings. The van der Waals surface area contributed by atoms with Crippen LogP contribution < -0.4 is 4.74 Å². The van der Waals surface area contributed by atoms with E-state index in [1.54, 1.807) is 31.2 Å². The smallest absolute Gasteiger partial charge is 0.238 e. The third-order valence-electron chi connectivity index (χ3n) is 3.32. The number of fused-ring (bicyclic) bond motifs is 1. The highest BCUT2D eigenvalue weighted by Gasteiger charge is 2.38. The van der Waals surface area contributed by atoms with E-state index in [0.29, 0.717) is 23.0 Å². The molecule has 1 unspecified atom stereocenters. The quantitative estimate of drug-likeness (QED) is 0.762. The highest BCUT2D eigenvalue weighted by atomic mass is 35.5. The molecule has 0 N–H and O–H groups in total. The largest absolute Gasteiger partial charge is 0.458 e. The van der Waals surface area contributed by atoms with Crippen LogP contribution in [0.4, 0.5) is 0 Å². The van der Waals surface area contributed by atoms with Gasteiger partial charge in [-0.3, -0.25) is 4.79 Å². The first-order valence-corrected chi connectivity index (χ1v) is 7.19. The lowest BCUT2D eigenvalue weighted by Gasteiger charge is -2.35.